The Hall–Kier alpha value is -2.37. The Balaban J connectivity index is 1.70. The SMILES string of the molecule is CN(C)CCN(C(=O)c1ccc(Oc2ccccc2)cc1)C1CCOCC1. The molecule has 144 valence electrons. The first-order chi connectivity index (χ1) is 13.1. The monoisotopic (exact) mass is 368 g/mol. The van der Waals surface area contributed by atoms with Gasteiger partial charge in [-0.15, -0.1) is 0 Å². The van der Waals surface area contributed by atoms with E-state index in [1.165, 1.54) is 0 Å². The first kappa shape index (κ1) is 19.4. The number of rotatable bonds is 7. The van der Waals surface area contributed by atoms with Crippen LogP contribution in [0.2, 0.25) is 0 Å². The van der Waals surface area contributed by atoms with Gasteiger partial charge in [-0.1, -0.05) is 18.2 Å². The van der Waals surface area contributed by atoms with Crippen LogP contribution in [0.15, 0.2) is 54.6 Å². The number of carbonyl (C=O) groups is 1. The van der Waals surface area contributed by atoms with E-state index in [1.54, 1.807) is 0 Å². The fraction of sp³-hybridized carbons (Fsp3) is 0.409. The fourth-order valence-corrected chi connectivity index (χ4v) is 3.21. The lowest BCUT2D eigenvalue weighted by Gasteiger charge is -2.35. The van der Waals surface area contributed by atoms with E-state index in [4.69, 9.17) is 9.47 Å². The van der Waals surface area contributed by atoms with Gasteiger partial charge in [0.1, 0.15) is 11.5 Å². The predicted molar refractivity (Wildman–Crippen MR) is 106 cm³/mol. The summed E-state index contributed by atoms with van der Waals surface area (Å²) >= 11 is 0. The van der Waals surface area contributed by atoms with Crippen LogP contribution in [-0.2, 0) is 4.74 Å². The van der Waals surface area contributed by atoms with Gasteiger partial charge in [0.15, 0.2) is 0 Å². The van der Waals surface area contributed by atoms with Gasteiger partial charge in [0.2, 0.25) is 0 Å². The summed E-state index contributed by atoms with van der Waals surface area (Å²) in [5, 5.41) is 0. The molecule has 5 nitrogen and oxygen atoms in total. The van der Waals surface area contributed by atoms with Crippen LogP contribution >= 0.6 is 0 Å². The van der Waals surface area contributed by atoms with Gasteiger partial charge in [0.25, 0.3) is 5.91 Å². The number of benzene rings is 2. The molecule has 0 unspecified atom stereocenters. The van der Waals surface area contributed by atoms with Crippen molar-refractivity contribution in [2.45, 2.75) is 18.9 Å². The van der Waals surface area contributed by atoms with Crippen LogP contribution in [0.3, 0.4) is 0 Å². The van der Waals surface area contributed by atoms with E-state index in [0.29, 0.717) is 5.56 Å². The Morgan fingerprint density at radius 1 is 0.963 bits per heavy atom. The van der Waals surface area contributed by atoms with Crippen LogP contribution in [0.25, 0.3) is 0 Å². The summed E-state index contributed by atoms with van der Waals surface area (Å²) in [6.45, 7) is 3.01. The predicted octanol–water partition coefficient (Wildman–Crippen LogP) is 3.66. The minimum atomic E-state index is 0.0787. The highest BCUT2D eigenvalue weighted by atomic mass is 16.5. The Morgan fingerprint density at radius 2 is 1.59 bits per heavy atom. The highest BCUT2D eigenvalue weighted by Gasteiger charge is 2.26. The zero-order chi connectivity index (χ0) is 19.1. The van der Waals surface area contributed by atoms with Crippen molar-refractivity contribution in [1.29, 1.82) is 0 Å². The summed E-state index contributed by atoms with van der Waals surface area (Å²) in [7, 11) is 4.06. The third-order valence-electron chi connectivity index (χ3n) is 4.76. The summed E-state index contributed by atoms with van der Waals surface area (Å²) in [5.41, 5.74) is 0.695. The lowest BCUT2D eigenvalue weighted by atomic mass is 10.1. The van der Waals surface area contributed by atoms with Crippen molar-refractivity contribution in [2.75, 3.05) is 40.4 Å². The molecule has 5 heteroatoms. The van der Waals surface area contributed by atoms with Gasteiger partial charge < -0.3 is 19.3 Å². The summed E-state index contributed by atoms with van der Waals surface area (Å²) in [5.74, 6) is 1.59. The van der Waals surface area contributed by atoms with Crippen LogP contribution < -0.4 is 4.74 Å². The summed E-state index contributed by atoms with van der Waals surface area (Å²) in [4.78, 5) is 17.3. The molecule has 0 radical (unpaired) electrons. The summed E-state index contributed by atoms with van der Waals surface area (Å²) < 4.78 is 11.3. The second-order valence-corrected chi connectivity index (χ2v) is 7.08. The standard InChI is InChI=1S/C22H28N2O3/c1-23(2)14-15-24(19-12-16-26-17-13-19)22(25)18-8-10-21(11-9-18)27-20-6-4-3-5-7-20/h3-11,19H,12-17H2,1-2H3. The van der Waals surface area contributed by atoms with Gasteiger partial charge in [0, 0.05) is 37.9 Å². The molecule has 2 aromatic carbocycles. The average Bonchev–Trinajstić information content (AvgIpc) is 2.70. The molecular weight excluding hydrogens is 340 g/mol. The molecule has 1 aliphatic heterocycles. The second-order valence-electron chi connectivity index (χ2n) is 7.08. The zero-order valence-electron chi connectivity index (χ0n) is 16.1. The van der Waals surface area contributed by atoms with Gasteiger partial charge >= 0.3 is 0 Å². The minimum absolute atomic E-state index is 0.0787. The highest BCUT2D eigenvalue weighted by Crippen LogP contribution is 2.23. The number of nitrogens with zero attached hydrogens (tertiary/aromatic N) is 2. The van der Waals surface area contributed by atoms with Crippen LogP contribution in [0.5, 0.6) is 11.5 Å². The normalized spacial score (nSPS) is 14.9. The first-order valence-electron chi connectivity index (χ1n) is 9.50. The molecule has 1 amide bonds. The molecule has 1 aliphatic rings. The molecule has 0 saturated carbocycles. The van der Waals surface area contributed by atoms with Gasteiger partial charge in [0.05, 0.1) is 0 Å². The highest BCUT2D eigenvalue weighted by molar-refractivity contribution is 5.94. The van der Waals surface area contributed by atoms with E-state index in [1.807, 2.05) is 73.6 Å². The number of likely N-dealkylation sites (N-methyl/N-ethyl adjacent to an activating group) is 1. The molecular formula is C22H28N2O3. The van der Waals surface area contributed by atoms with Crippen LogP contribution in [-0.4, -0.2) is 62.1 Å². The molecule has 1 heterocycles. The van der Waals surface area contributed by atoms with Crippen molar-refractivity contribution in [1.82, 2.24) is 9.80 Å². The van der Waals surface area contributed by atoms with Crippen LogP contribution in [0, 0.1) is 0 Å². The van der Waals surface area contributed by atoms with Gasteiger partial charge in [-0.05, 0) is 63.3 Å². The summed E-state index contributed by atoms with van der Waals surface area (Å²) in [6.07, 6.45) is 1.79. The number of hydrogen-bond donors (Lipinski definition) is 0. The molecule has 0 N–H and O–H groups in total. The van der Waals surface area contributed by atoms with Crippen LogP contribution in [0.1, 0.15) is 23.2 Å². The molecule has 3 rings (SSSR count). The Morgan fingerprint density at radius 3 is 2.22 bits per heavy atom. The molecule has 0 bridgehead atoms. The number of carbonyl (C=O) groups excluding carboxylic acids is 1. The van der Waals surface area contributed by atoms with Gasteiger partial charge in [-0.2, -0.15) is 0 Å². The van der Waals surface area contributed by atoms with E-state index in [0.717, 1.165) is 50.6 Å². The third kappa shape index (κ3) is 5.55. The minimum Gasteiger partial charge on any atom is -0.457 e. The quantitative estimate of drug-likeness (QED) is 0.748. The number of hydrogen-bond acceptors (Lipinski definition) is 4. The van der Waals surface area contributed by atoms with Crippen molar-refractivity contribution < 1.29 is 14.3 Å². The Labute approximate surface area is 161 Å². The van der Waals surface area contributed by atoms with Gasteiger partial charge in [-0.3, -0.25) is 4.79 Å². The maximum Gasteiger partial charge on any atom is 0.254 e. The third-order valence-corrected chi connectivity index (χ3v) is 4.76. The largest absolute Gasteiger partial charge is 0.457 e. The fourth-order valence-electron chi connectivity index (χ4n) is 3.21. The lowest BCUT2D eigenvalue weighted by Crippen LogP contribution is -2.46. The van der Waals surface area contributed by atoms with E-state index >= 15 is 0 Å². The zero-order valence-corrected chi connectivity index (χ0v) is 16.1. The maximum absolute atomic E-state index is 13.2. The first-order valence-corrected chi connectivity index (χ1v) is 9.50. The number of para-hydroxylation sites is 1. The Kier molecular flexibility index (Phi) is 6.85. The average molecular weight is 368 g/mol. The van der Waals surface area contributed by atoms with Crippen molar-refractivity contribution in [3.8, 4) is 11.5 Å². The van der Waals surface area contributed by atoms with Crippen molar-refractivity contribution in [3.63, 3.8) is 0 Å². The second kappa shape index (κ2) is 9.53. The van der Waals surface area contributed by atoms with E-state index < -0.39 is 0 Å². The topological polar surface area (TPSA) is 42.0 Å². The molecule has 0 aliphatic carbocycles. The molecule has 2 aromatic rings. The number of ether oxygens (including phenoxy) is 2. The molecule has 0 spiro atoms. The molecule has 27 heavy (non-hydrogen) atoms. The van der Waals surface area contributed by atoms with E-state index in [9.17, 15) is 4.79 Å². The molecule has 0 aromatic heterocycles. The Bertz CT molecular complexity index is 710. The summed E-state index contributed by atoms with van der Waals surface area (Å²) in [6, 6.07) is 17.3. The van der Waals surface area contributed by atoms with Crippen LogP contribution in [0.4, 0.5) is 0 Å². The maximum atomic E-state index is 13.2. The number of amides is 1. The molecule has 1 fully saturated rings. The van der Waals surface area contributed by atoms with Crippen molar-refractivity contribution in [3.05, 3.63) is 60.2 Å². The van der Waals surface area contributed by atoms with E-state index in [2.05, 4.69) is 4.90 Å². The lowest BCUT2D eigenvalue weighted by molar-refractivity contribution is 0.0276. The smallest absolute Gasteiger partial charge is 0.254 e. The van der Waals surface area contributed by atoms with E-state index in [-0.39, 0.29) is 11.9 Å². The van der Waals surface area contributed by atoms with Crippen molar-refractivity contribution in [2.24, 2.45) is 0 Å². The molecule has 0 atom stereocenters. The molecule has 1 saturated heterocycles. The van der Waals surface area contributed by atoms with Gasteiger partial charge in [-0.25, -0.2) is 0 Å². The van der Waals surface area contributed by atoms with Crippen molar-refractivity contribution >= 4 is 5.91 Å².